The van der Waals surface area contributed by atoms with E-state index in [2.05, 4.69) is 38.1 Å². The lowest BCUT2D eigenvalue weighted by atomic mass is 9.93. The van der Waals surface area contributed by atoms with Crippen LogP contribution in [0.5, 0.6) is 11.5 Å². The summed E-state index contributed by atoms with van der Waals surface area (Å²) < 4.78 is 35.9. The second kappa shape index (κ2) is 9.31. The summed E-state index contributed by atoms with van der Waals surface area (Å²) in [5, 5.41) is 0. The van der Waals surface area contributed by atoms with Gasteiger partial charge in [0, 0.05) is 0 Å². The molecular weight excluding hydrogens is 434 g/mol. The van der Waals surface area contributed by atoms with Gasteiger partial charge in [-0.3, -0.25) is 0 Å². The van der Waals surface area contributed by atoms with Crippen LogP contribution >= 0.6 is 17.2 Å². The number of benzene rings is 2. The van der Waals surface area contributed by atoms with Crippen LogP contribution in [0.3, 0.4) is 0 Å². The summed E-state index contributed by atoms with van der Waals surface area (Å²) in [6.07, 6.45) is 0. The molecule has 2 aliphatic heterocycles. The molecule has 8 heteroatoms. The van der Waals surface area contributed by atoms with Crippen LogP contribution in [0.25, 0.3) is 0 Å². The van der Waals surface area contributed by atoms with Crippen molar-refractivity contribution in [2.24, 2.45) is 5.41 Å². The number of aryl methyl sites for hydroxylation is 6. The Hall–Kier alpha value is -1.26. The summed E-state index contributed by atoms with van der Waals surface area (Å²) in [5.74, 6) is 1.68. The largest absolute Gasteiger partial charge is 0.426 e. The summed E-state index contributed by atoms with van der Waals surface area (Å²) in [5.41, 5.74) is 6.43. The van der Waals surface area contributed by atoms with E-state index in [1.165, 1.54) is 11.1 Å². The fourth-order valence-corrected chi connectivity index (χ4v) is 6.71. The molecule has 0 N–H and O–H groups in total. The predicted octanol–water partition coefficient (Wildman–Crippen LogP) is 6.53. The Morgan fingerprint density at radius 2 is 0.871 bits per heavy atom. The van der Waals surface area contributed by atoms with E-state index in [0.717, 1.165) is 33.8 Å². The molecule has 2 aliphatic rings. The molecule has 6 nitrogen and oxygen atoms in total. The van der Waals surface area contributed by atoms with Crippen LogP contribution in [0.4, 0.5) is 0 Å². The highest BCUT2D eigenvalue weighted by Gasteiger charge is 2.45. The van der Waals surface area contributed by atoms with Crippen molar-refractivity contribution in [3.05, 3.63) is 57.6 Å². The van der Waals surface area contributed by atoms with Gasteiger partial charge >= 0.3 is 17.2 Å². The normalized spacial score (nSPS) is 26.1. The minimum absolute atomic E-state index is 0.334. The number of hydrogen-bond donors (Lipinski definition) is 0. The molecule has 0 aromatic heterocycles. The fraction of sp³-hybridized carbons (Fsp3) is 0.478. The third-order valence-corrected chi connectivity index (χ3v) is 7.47. The molecule has 1 spiro atoms. The maximum absolute atomic E-state index is 6.06. The zero-order valence-electron chi connectivity index (χ0n) is 19.0. The molecular formula is C23H30O6P2. The predicted molar refractivity (Wildman–Crippen MR) is 123 cm³/mol. The highest BCUT2D eigenvalue weighted by atomic mass is 31.2. The Kier molecular flexibility index (Phi) is 6.88. The molecule has 0 aliphatic carbocycles. The van der Waals surface area contributed by atoms with E-state index in [9.17, 15) is 0 Å². The third-order valence-electron chi connectivity index (χ3n) is 5.45. The maximum Gasteiger partial charge on any atom is 0.397 e. The summed E-state index contributed by atoms with van der Waals surface area (Å²) in [4.78, 5) is 0. The summed E-state index contributed by atoms with van der Waals surface area (Å²) in [7, 11) is -2.88. The van der Waals surface area contributed by atoms with Crippen molar-refractivity contribution in [1.29, 1.82) is 0 Å². The lowest BCUT2D eigenvalue weighted by molar-refractivity contribution is -0.0673. The summed E-state index contributed by atoms with van der Waals surface area (Å²) in [6, 6.07) is 8.41. The van der Waals surface area contributed by atoms with Gasteiger partial charge < -0.3 is 27.1 Å². The average molecular weight is 464 g/mol. The molecule has 31 heavy (non-hydrogen) atoms. The van der Waals surface area contributed by atoms with E-state index in [-0.39, 0.29) is 5.41 Å². The molecule has 2 aromatic rings. The topological polar surface area (TPSA) is 55.4 Å². The SMILES string of the molecule is Cc1cc(C)c(OP2OCC3(CO2)COP(Oc2c(C)cc(C)cc2C)OC3)c(C)c1. The van der Waals surface area contributed by atoms with Crippen molar-refractivity contribution in [3.63, 3.8) is 0 Å². The van der Waals surface area contributed by atoms with Crippen LogP contribution in [0.15, 0.2) is 24.3 Å². The minimum atomic E-state index is -1.44. The first kappa shape index (κ1) is 22.9. The Bertz CT molecular complexity index is 820. The van der Waals surface area contributed by atoms with Gasteiger partial charge in [0.25, 0.3) is 0 Å². The van der Waals surface area contributed by atoms with Gasteiger partial charge in [-0.1, -0.05) is 35.4 Å². The second-order valence-corrected chi connectivity index (χ2v) is 11.0. The molecule has 0 radical (unpaired) electrons. The lowest BCUT2D eigenvalue weighted by Crippen LogP contribution is -2.45. The van der Waals surface area contributed by atoms with E-state index in [1.54, 1.807) is 0 Å². The minimum Gasteiger partial charge on any atom is -0.426 e. The van der Waals surface area contributed by atoms with Crippen molar-refractivity contribution in [3.8, 4) is 11.5 Å². The van der Waals surface area contributed by atoms with E-state index >= 15 is 0 Å². The Balaban J connectivity index is 1.31. The van der Waals surface area contributed by atoms with Crippen molar-refractivity contribution >= 4 is 17.2 Å². The molecule has 2 fully saturated rings. The highest BCUT2D eigenvalue weighted by Crippen LogP contribution is 2.54. The van der Waals surface area contributed by atoms with E-state index in [0.29, 0.717) is 26.4 Å². The molecule has 4 rings (SSSR count). The molecule has 0 saturated carbocycles. The van der Waals surface area contributed by atoms with Crippen LogP contribution < -0.4 is 9.05 Å². The fourth-order valence-electron chi connectivity index (χ4n) is 3.96. The van der Waals surface area contributed by atoms with E-state index < -0.39 is 17.2 Å². The summed E-state index contributed by atoms with van der Waals surface area (Å²) >= 11 is 0. The second-order valence-electron chi connectivity index (χ2n) is 8.68. The molecule has 2 heterocycles. The van der Waals surface area contributed by atoms with Crippen LogP contribution in [0.1, 0.15) is 33.4 Å². The lowest BCUT2D eigenvalue weighted by Gasteiger charge is -2.41. The molecule has 0 unspecified atom stereocenters. The zero-order chi connectivity index (χ0) is 22.2. The van der Waals surface area contributed by atoms with Gasteiger partial charge in [0.1, 0.15) is 11.5 Å². The van der Waals surface area contributed by atoms with Crippen molar-refractivity contribution in [2.45, 2.75) is 41.5 Å². The molecule has 2 saturated heterocycles. The standard InChI is InChI=1S/C23H30O6P2/c1-15-7-17(3)21(18(4)8-15)28-30-24-11-23(12-25-30)13-26-31(27-14-23)29-22-19(5)9-16(2)10-20(22)6/h7-10H,11-14H2,1-6H3. The van der Waals surface area contributed by atoms with Gasteiger partial charge in [-0.25, -0.2) is 0 Å². The van der Waals surface area contributed by atoms with Crippen molar-refractivity contribution in [2.75, 3.05) is 26.4 Å². The quantitative estimate of drug-likeness (QED) is 0.480. The van der Waals surface area contributed by atoms with Crippen molar-refractivity contribution < 1.29 is 27.1 Å². The monoisotopic (exact) mass is 464 g/mol. The first-order chi connectivity index (χ1) is 14.7. The Labute approximate surface area is 187 Å². The number of hydrogen-bond acceptors (Lipinski definition) is 6. The maximum atomic E-state index is 6.06. The molecule has 0 bridgehead atoms. The first-order valence-electron chi connectivity index (χ1n) is 10.4. The van der Waals surface area contributed by atoms with Gasteiger partial charge in [-0.05, 0) is 63.8 Å². The highest BCUT2D eigenvalue weighted by molar-refractivity contribution is 7.42. The van der Waals surface area contributed by atoms with Crippen LogP contribution in [0, 0.1) is 47.0 Å². The molecule has 2 aromatic carbocycles. The Morgan fingerprint density at radius 1 is 0.581 bits per heavy atom. The third kappa shape index (κ3) is 5.22. The summed E-state index contributed by atoms with van der Waals surface area (Å²) in [6.45, 7) is 14.2. The zero-order valence-corrected chi connectivity index (χ0v) is 20.8. The van der Waals surface area contributed by atoms with E-state index in [4.69, 9.17) is 27.1 Å². The van der Waals surface area contributed by atoms with Gasteiger partial charge in [0.15, 0.2) is 0 Å². The smallest absolute Gasteiger partial charge is 0.397 e. The van der Waals surface area contributed by atoms with E-state index in [1.807, 2.05) is 27.7 Å². The van der Waals surface area contributed by atoms with Crippen molar-refractivity contribution in [1.82, 2.24) is 0 Å². The molecule has 0 amide bonds. The molecule has 0 atom stereocenters. The van der Waals surface area contributed by atoms with Gasteiger partial charge in [0.2, 0.25) is 0 Å². The van der Waals surface area contributed by atoms with Crippen LogP contribution in [0.2, 0.25) is 0 Å². The Morgan fingerprint density at radius 3 is 1.16 bits per heavy atom. The van der Waals surface area contributed by atoms with Gasteiger partial charge in [-0.2, -0.15) is 0 Å². The van der Waals surface area contributed by atoms with Crippen LogP contribution in [-0.4, -0.2) is 26.4 Å². The molecule has 168 valence electrons. The average Bonchev–Trinajstić information content (AvgIpc) is 2.70. The van der Waals surface area contributed by atoms with Crippen LogP contribution in [-0.2, 0) is 18.1 Å². The number of rotatable bonds is 4. The van der Waals surface area contributed by atoms with Gasteiger partial charge in [-0.15, -0.1) is 0 Å². The van der Waals surface area contributed by atoms with Gasteiger partial charge in [0.05, 0.1) is 31.8 Å². The first-order valence-corrected chi connectivity index (χ1v) is 12.6.